The van der Waals surface area contributed by atoms with Crippen LogP contribution in [0.2, 0.25) is 0 Å². The Hall–Kier alpha value is -2.56. The molecule has 1 saturated heterocycles. The molecule has 22 heavy (non-hydrogen) atoms. The van der Waals surface area contributed by atoms with Crippen LogP contribution in [-0.4, -0.2) is 29.7 Å². The highest BCUT2D eigenvalue weighted by molar-refractivity contribution is 5.93. The maximum absolute atomic E-state index is 12.4. The normalized spacial score (nSPS) is 18.3. The Kier molecular flexibility index (Phi) is 3.96. The van der Waals surface area contributed by atoms with Crippen molar-refractivity contribution in [2.45, 2.75) is 13.3 Å². The fourth-order valence-corrected chi connectivity index (χ4v) is 2.45. The summed E-state index contributed by atoms with van der Waals surface area (Å²) in [6.45, 7) is 2.72. The van der Waals surface area contributed by atoms with Crippen molar-refractivity contribution >= 4 is 11.7 Å². The molecule has 1 aliphatic rings. The maximum Gasteiger partial charge on any atom is 0.290 e. The topological polar surface area (TPSA) is 59.8 Å². The number of carbonyl (C=O) groups is 2. The zero-order valence-corrected chi connectivity index (χ0v) is 12.3. The Morgan fingerprint density at radius 3 is 2.73 bits per heavy atom. The summed E-state index contributed by atoms with van der Waals surface area (Å²) in [5.74, 6) is 1.03. The van der Waals surface area contributed by atoms with Gasteiger partial charge in [-0.2, -0.15) is 0 Å². The summed E-state index contributed by atoms with van der Waals surface area (Å²) in [6, 6.07) is 12.4. The number of likely N-dealkylation sites (tertiary alicyclic amines) is 1. The molecule has 0 radical (unpaired) electrons. The Morgan fingerprint density at radius 2 is 2.00 bits per heavy atom. The summed E-state index contributed by atoms with van der Waals surface area (Å²) >= 11 is 0. The fourth-order valence-electron chi connectivity index (χ4n) is 2.45. The predicted molar refractivity (Wildman–Crippen MR) is 79.9 cm³/mol. The van der Waals surface area contributed by atoms with Gasteiger partial charge in [-0.25, -0.2) is 0 Å². The Bertz CT molecular complexity index is 677. The highest BCUT2D eigenvalue weighted by Gasteiger charge is 2.28. The van der Waals surface area contributed by atoms with Crippen molar-refractivity contribution in [1.29, 1.82) is 0 Å². The van der Waals surface area contributed by atoms with Gasteiger partial charge in [-0.1, -0.05) is 25.1 Å². The standard InChI is InChI=1S/C17H17NO4/c1-12-11-18(10-9-14(12)19)17(20)15-7-8-16(22-15)21-13-5-3-2-4-6-13/h2-8,12H,9-11H2,1H3/t12-/m1/s1. The highest BCUT2D eigenvalue weighted by Crippen LogP contribution is 2.25. The smallest absolute Gasteiger partial charge is 0.290 e. The molecule has 1 aromatic carbocycles. The maximum atomic E-state index is 12.4. The van der Waals surface area contributed by atoms with E-state index in [2.05, 4.69) is 0 Å². The van der Waals surface area contributed by atoms with Gasteiger partial charge in [0, 0.05) is 31.5 Å². The van der Waals surface area contributed by atoms with E-state index < -0.39 is 0 Å². The zero-order chi connectivity index (χ0) is 15.5. The number of carbonyl (C=O) groups excluding carboxylic acids is 2. The van der Waals surface area contributed by atoms with Crippen LogP contribution in [0.15, 0.2) is 46.9 Å². The van der Waals surface area contributed by atoms with E-state index >= 15 is 0 Å². The van der Waals surface area contributed by atoms with Gasteiger partial charge in [-0.15, -0.1) is 0 Å². The highest BCUT2D eigenvalue weighted by atomic mass is 16.6. The molecule has 0 aliphatic carbocycles. The number of hydrogen-bond acceptors (Lipinski definition) is 4. The summed E-state index contributed by atoms with van der Waals surface area (Å²) in [5.41, 5.74) is 0. The lowest BCUT2D eigenvalue weighted by atomic mass is 9.98. The number of furan rings is 1. The minimum Gasteiger partial charge on any atom is -0.426 e. The molecular formula is C17H17NO4. The lowest BCUT2D eigenvalue weighted by molar-refractivity contribution is -0.124. The molecule has 1 fully saturated rings. The van der Waals surface area contributed by atoms with Crippen LogP contribution in [0.1, 0.15) is 23.9 Å². The van der Waals surface area contributed by atoms with E-state index in [0.717, 1.165) is 0 Å². The number of piperidine rings is 1. The summed E-state index contributed by atoms with van der Waals surface area (Å²) in [5, 5.41) is 0. The first-order chi connectivity index (χ1) is 10.6. The number of ketones is 1. The number of para-hydroxylation sites is 1. The van der Waals surface area contributed by atoms with Gasteiger partial charge < -0.3 is 14.1 Å². The lowest BCUT2D eigenvalue weighted by Crippen LogP contribution is -2.43. The van der Waals surface area contributed by atoms with Crippen molar-refractivity contribution in [3.05, 3.63) is 48.2 Å². The van der Waals surface area contributed by atoms with E-state index in [4.69, 9.17) is 9.15 Å². The van der Waals surface area contributed by atoms with E-state index in [-0.39, 0.29) is 29.3 Å². The third-order valence-corrected chi connectivity index (χ3v) is 3.71. The Balaban J connectivity index is 1.68. The first-order valence-corrected chi connectivity index (χ1v) is 7.28. The summed E-state index contributed by atoms with van der Waals surface area (Å²) in [4.78, 5) is 25.6. The lowest BCUT2D eigenvalue weighted by Gasteiger charge is -2.29. The zero-order valence-electron chi connectivity index (χ0n) is 12.3. The van der Waals surface area contributed by atoms with Gasteiger partial charge in [0.05, 0.1) is 0 Å². The summed E-state index contributed by atoms with van der Waals surface area (Å²) < 4.78 is 11.0. The third-order valence-electron chi connectivity index (χ3n) is 3.71. The number of ether oxygens (including phenoxy) is 1. The average molecular weight is 299 g/mol. The molecule has 0 saturated carbocycles. The van der Waals surface area contributed by atoms with E-state index in [0.29, 0.717) is 25.3 Å². The van der Waals surface area contributed by atoms with Gasteiger partial charge in [0.1, 0.15) is 11.5 Å². The molecule has 1 aromatic heterocycles. The average Bonchev–Trinajstić information content (AvgIpc) is 2.99. The number of benzene rings is 1. The Morgan fingerprint density at radius 1 is 1.23 bits per heavy atom. The third kappa shape index (κ3) is 3.03. The molecule has 1 amide bonds. The molecule has 114 valence electrons. The minimum atomic E-state index is -0.206. The monoisotopic (exact) mass is 299 g/mol. The molecule has 0 spiro atoms. The van der Waals surface area contributed by atoms with Gasteiger partial charge in [0.25, 0.3) is 11.9 Å². The van der Waals surface area contributed by atoms with Gasteiger partial charge in [-0.3, -0.25) is 9.59 Å². The van der Waals surface area contributed by atoms with Crippen molar-refractivity contribution in [3.8, 4) is 11.7 Å². The second-order valence-electron chi connectivity index (χ2n) is 5.40. The van der Waals surface area contributed by atoms with Crippen LogP contribution in [0.5, 0.6) is 11.7 Å². The number of hydrogen-bond donors (Lipinski definition) is 0. The van der Waals surface area contributed by atoms with Gasteiger partial charge in [-0.05, 0) is 18.2 Å². The van der Waals surface area contributed by atoms with Crippen LogP contribution >= 0.6 is 0 Å². The largest absolute Gasteiger partial charge is 0.426 e. The van der Waals surface area contributed by atoms with Crippen molar-refractivity contribution in [3.63, 3.8) is 0 Å². The molecule has 2 heterocycles. The van der Waals surface area contributed by atoms with Gasteiger partial charge in [0.2, 0.25) is 0 Å². The van der Waals surface area contributed by atoms with Crippen molar-refractivity contribution in [2.75, 3.05) is 13.1 Å². The van der Waals surface area contributed by atoms with Crippen LogP contribution in [0.4, 0.5) is 0 Å². The van der Waals surface area contributed by atoms with Crippen LogP contribution in [0.3, 0.4) is 0 Å². The van der Waals surface area contributed by atoms with Crippen molar-refractivity contribution in [2.24, 2.45) is 5.92 Å². The molecule has 0 bridgehead atoms. The molecule has 2 aromatic rings. The van der Waals surface area contributed by atoms with Crippen LogP contribution < -0.4 is 4.74 Å². The molecule has 3 rings (SSSR count). The number of nitrogens with zero attached hydrogens (tertiary/aromatic N) is 1. The predicted octanol–water partition coefficient (Wildman–Crippen LogP) is 3.12. The molecule has 5 nitrogen and oxygen atoms in total. The fraction of sp³-hybridized carbons (Fsp3) is 0.294. The van der Waals surface area contributed by atoms with Crippen LogP contribution in [0, 0.1) is 5.92 Å². The molecule has 5 heteroatoms. The molecule has 1 atom stereocenters. The van der Waals surface area contributed by atoms with Crippen molar-refractivity contribution < 1.29 is 18.7 Å². The van der Waals surface area contributed by atoms with Crippen LogP contribution in [-0.2, 0) is 4.79 Å². The van der Waals surface area contributed by atoms with E-state index in [9.17, 15) is 9.59 Å². The second-order valence-corrected chi connectivity index (χ2v) is 5.40. The van der Waals surface area contributed by atoms with Crippen LogP contribution in [0.25, 0.3) is 0 Å². The molecule has 0 unspecified atom stereocenters. The minimum absolute atomic E-state index is 0.118. The van der Waals surface area contributed by atoms with E-state index in [1.807, 2.05) is 37.3 Å². The second kappa shape index (κ2) is 6.05. The summed E-state index contributed by atoms with van der Waals surface area (Å²) in [6.07, 6.45) is 0.404. The SMILES string of the molecule is C[C@@H]1CN(C(=O)c2ccc(Oc3ccccc3)o2)CCC1=O. The van der Waals surface area contributed by atoms with Gasteiger partial charge in [0.15, 0.2) is 5.76 Å². The molecular weight excluding hydrogens is 282 g/mol. The number of rotatable bonds is 3. The Labute approximate surface area is 128 Å². The number of Topliss-reactive ketones (excluding diaryl/α,β-unsaturated/α-hetero) is 1. The van der Waals surface area contributed by atoms with Crippen molar-refractivity contribution in [1.82, 2.24) is 4.90 Å². The first kappa shape index (κ1) is 14.4. The quantitative estimate of drug-likeness (QED) is 0.873. The van der Waals surface area contributed by atoms with E-state index in [1.54, 1.807) is 17.0 Å². The first-order valence-electron chi connectivity index (χ1n) is 7.28. The molecule has 1 aliphatic heterocycles. The van der Waals surface area contributed by atoms with Gasteiger partial charge >= 0.3 is 0 Å². The summed E-state index contributed by atoms with van der Waals surface area (Å²) in [7, 11) is 0. The van der Waals surface area contributed by atoms with E-state index in [1.165, 1.54) is 0 Å². The number of amides is 1. The molecule has 0 N–H and O–H groups in total.